The van der Waals surface area contributed by atoms with Crippen molar-refractivity contribution in [3.05, 3.63) is 0 Å². The molecule has 0 saturated carbocycles. The normalized spacial score (nSPS) is 15.0. The summed E-state index contributed by atoms with van der Waals surface area (Å²) in [5.74, 6) is 0. The van der Waals surface area contributed by atoms with Crippen LogP contribution < -0.4 is 0 Å². The van der Waals surface area contributed by atoms with E-state index in [0.29, 0.717) is 20.6 Å². The molecule has 0 aliphatic heterocycles. The highest BCUT2D eigenvalue weighted by atomic mass is 31.1. The molecule has 0 aliphatic carbocycles. The van der Waals surface area contributed by atoms with Gasteiger partial charge in [-0.05, 0) is 40.0 Å². The van der Waals surface area contributed by atoms with Crippen LogP contribution in [0.25, 0.3) is 0 Å². The molecule has 0 heterocycles. The van der Waals surface area contributed by atoms with E-state index in [1.54, 1.807) is 0 Å². The number of nitrogens with zero attached hydrogens (tertiary/aromatic N) is 1. The van der Waals surface area contributed by atoms with E-state index >= 15 is 0 Å². The predicted octanol–water partition coefficient (Wildman–Crippen LogP) is 7.08. The van der Waals surface area contributed by atoms with Gasteiger partial charge in [-0.15, -0.1) is 0 Å². The van der Waals surface area contributed by atoms with Crippen LogP contribution in [0.3, 0.4) is 0 Å². The van der Waals surface area contributed by atoms with Crippen molar-refractivity contribution in [1.82, 2.24) is 4.90 Å². The summed E-state index contributed by atoms with van der Waals surface area (Å²) in [5, 5.41) is 1.77. The molecule has 0 aromatic heterocycles. The maximum absolute atomic E-state index is 2.60. The molecule has 0 fully saturated rings. The van der Waals surface area contributed by atoms with E-state index in [2.05, 4.69) is 95.0 Å². The standard InChI is InChI=1S/C21H47NP2/c1-18(2,3)23(19(4,5)6)16-14-22(13)15-17-24(20(7,8)9)21(10,11)12/h14-17H2,1-13H3. The second kappa shape index (κ2) is 8.67. The van der Waals surface area contributed by atoms with Crippen molar-refractivity contribution >= 4 is 15.8 Å². The summed E-state index contributed by atoms with van der Waals surface area (Å²) in [6.07, 6.45) is 2.73. The number of hydrogen-bond acceptors (Lipinski definition) is 1. The van der Waals surface area contributed by atoms with Crippen LogP contribution in [0.1, 0.15) is 83.1 Å². The molecular formula is C21H47NP2. The molecule has 146 valence electrons. The summed E-state index contributed by atoms with van der Waals surface area (Å²) >= 11 is 0. The first kappa shape index (κ1) is 24.8. The first-order chi connectivity index (χ1) is 10.4. The monoisotopic (exact) mass is 375 g/mol. The van der Waals surface area contributed by atoms with Crippen LogP contribution in [0.2, 0.25) is 0 Å². The second-order valence-corrected chi connectivity index (χ2v) is 19.3. The Morgan fingerprint density at radius 3 is 0.875 bits per heavy atom. The van der Waals surface area contributed by atoms with Crippen molar-refractivity contribution in [1.29, 1.82) is 0 Å². The van der Waals surface area contributed by atoms with E-state index in [1.807, 2.05) is 0 Å². The Balaban J connectivity index is 4.72. The van der Waals surface area contributed by atoms with Gasteiger partial charge in [0.2, 0.25) is 0 Å². The fraction of sp³-hybridized carbons (Fsp3) is 1.00. The molecule has 0 aromatic carbocycles. The Hall–Kier alpha value is 0.820. The van der Waals surface area contributed by atoms with Gasteiger partial charge in [0.15, 0.2) is 0 Å². The third-order valence-electron chi connectivity index (χ3n) is 4.65. The Kier molecular flexibility index (Phi) is 8.97. The summed E-state index contributed by atoms with van der Waals surface area (Å²) in [6, 6.07) is 0. The molecule has 3 heteroatoms. The summed E-state index contributed by atoms with van der Waals surface area (Å²) < 4.78 is 0. The third kappa shape index (κ3) is 8.96. The van der Waals surface area contributed by atoms with Gasteiger partial charge in [0.1, 0.15) is 0 Å². The largest absolute Gasteiger partial charge is 0.306 e. The van der Waals surface area contributed by atoms with E-state index in [9.17, 15) is 0 Å². The van der Waals surface area contributed by atoms with Gasteiger partial charge < -0.3 is 4.90 Å². The van der Waals surface area contributed by atoms with Crippen LogP contribution in [0.15, 0.2) is 0 Å². The Labute approximate surface area is 157 Å². The van der Waals surface area contributed by atoms with E-state index in [1.165, 1.54) is 25.4 Å². The van der Waals surface area contributed by atoms with Gasteiger partial charge in [0.25, 0.3) is 0 Å². The van der Waals surface area contributed by atoms with Gasteiger partial charge in [-0.1, -0.05) is 98.9 Å². The molecule has 0 bridgehead atoms. The average molecular weight is 376 g/mol. The van der Waals surface area contributed by atoms with Crippen LogP contribution in [-0.2, 0) is 0 Å². The molecule has 24 heavy (non-hydrogen) atoms. The zero-order chi connectivity index (χ0) is 19.6. The minimum absolute atomic E-state index is 0.0172. The molecule has 0 amide bonds. The van der Waals surface area contributed by atoms with Crippen molar-refractivity contribution in [3.8, 4) is 0 Å². The highest BCUT2D eigenvalue weighted by Crippen LogP contribution is 2.60. The summed E-state index contributed by atoms with van der Waals surface area (Å²) in [6.45, 7) is 31.7. The first-order valence-corrected chi connectivity index (χ1v) is 12.7. The van der Waals surface area contributed by atoms with E-state index in [-0.39, 0.29) is 15.8 Å². The number of hydrogen-bond donors (Lipinski definition) is 0. The van der Waals surface area contributed by atoms with E-state index < -0.39 is 0 Å². The fourth-order valence-corrected chi connectivity index (χ4v) is 11.8. The molecule has 0 unspecified atom stereocenters. The molecule has 0 saturated heterocycles. The van der Waals surface area contributed by atoms with Gasteiger partial charge >= 0.3 is 0 Å². The molecule has 0 atom stereocenters. The lowest BCUT2D eigenvalue weighted by molar-refractivity contribution is 0.375. The molecule has 0 spiro atoms. The van der Waals surface area contributed by atoms with Crippen molar-refractivity contribution in [2.24, 2.45) is 0 Å². The smallest absolute Gasteiger partial charge is 0.00181 e. The average Bonchev–Trinajstić information content (AvgIpc) is 2.21. The number of rotatable bonds is 6. The SMILES string of the molecule is CN(CCP(C(C)(C)C)C(C)(C)C)CCP(C(C)(C)C)C(C)(C)C. The van der Waals surface area contributed by atoms with Gasteiger partial charge in [-0.25, -0.2) is 0 Å². The van der Waals surface area contributed by atoms with Gasteiger partial charge in [-0.3, -0.25) is 0 Å². The maximum atomic E-state index is 2.60. The Morgan fingerprint density at radius 1 is 0.500 bits per heavy atom. The quantitative estimate of drug-likeness (QED) is 0.448. The summed E-state index contributed by atoms with van der Waals surface area (Å²) in [5.41, 5.74) is 0. The minimum Gasteiger partial charge on any atom is -0.306 e. The maximum Gasteiger partial charge on any atom is 0.00181 e. The molecular weight excluding hydrogens is 328 g/mol. The minimum atomic E-state index is 0.0172. The van der Waals surface area contributed by atoms with Crippen LogP contribution in [0.4, 0.5) is 0 Å². The highest BCUT2D eigenvalue weighted by Gasteiger charge is 2.35. The second-order valence-electron chi connectivity index (χ2n) is 11.3. The van der Waals surface area contributed by atoms with Crippen LogP contribution in [-0.4, -0.2) is 58.0 Å². The highest BCUT2D eigenvalue weighted by molar-refractivity contribution is 7.61. The fourth-order valence-electron chi connectivity index (χ4n) is 4.01. The van der Waals surface area contributed by atoms with E-state index in [0.717, 1.165) is 0 Å². The molecule has 0 N–H and O–H groups in total. The zero-order valence-corrected chi connectivity index (χ0v) is 21.0. The first-order valence-electron chi connectivity index (χ1n) is 9.61. The Bertz CT molecular complexity index is 299. The molecule has 0 aromatic rings. The molecule has 1 nitrogen and oxygen atoms in total. The summed E-state index contributed by atoms with van der Waals surface area (Å²) in [4.78, 5) is 2.60. The molecule has 0 rings (SSSR count). The van der Waals surface area contributed by atoms with Gasteiger partial charge in [0, 0.05) is 13.1 Å². The lowest BCUT2D eigenvalue weighted by Gasteiger charge is -2.43. The van der Waals surface area contributed by atoms with Crippen LogP contribution in [0.5, 0.6) is 0 Å². The van der Waals surface area contributed by atoms with E-state index in [4.69, 9.17) is 0 Å². The van der Waals surface area contributed by atoms with Gasteiger partial charge in [-0.2, -0.15) is 0 Å². The van der Waals surface area contributed by atoms with Crippen LogP contribution in [0, 0.1) is 0 Å². The Morgan fingerprint density at radius 2 is 0.708 bits per heavy atom. The third-order valence-corrected chi connectivity index (χ3v) is 12.4. The lowest BCUT2D eigenvalue weighted by atomic mass is 10.2. The molecule has 0 radical (unpaired) electrons. The predicted molar refractivity (Wildman–Crippen MR) is 120 cm³/mol. The molecule has 0 aliphatic rings. The zero-order valence-electron chi connectivity index (χ0n) is 19.2. The summed E-state index contributed by atoms with van der Waals surface area (Å²) in [7, 11) is 2.37. The van der Waals surface area contributed by atoms with Crippen molar-refractivity contribution in [2.45, 2.75) is 104 Å². The van der Waals surface area contributed by atoms with Crippen LogP contribution >= 0.6 is 15.8 Å². The van der Waals surface area contributed by atoms with Gasteiger partial charge in [0.05, 0.1) is 0 Å². The topological polar surface area (TPSA) is 3.24 Å². The lowest BCUT2D eigenvalue weighted by Crippen LogP contribution is -2.34. The van der Waals surface area contributed by atoms with Crippen molar-refractivity contribution in [3.63, 3.8) is 0 Å². The van der Waals surface area contributed by atoms with Crippen molar-refractivity contribution < 1.29 is 0 Å². The van der Waals surface area contributed by atoms with Crippen molar-refractivity contribution in [2.75, 3.05) is 32.5 Å².